The third-order valence-electron chi connectivity index (χ3n) is 2.57. The summed E-state index contributed by atoms with van der Waals surface area (Å²) in [5.74, 6) is -0.0553. The van der Waals surface area contributed by atoms with E-state index in [1.165, 1.54) is 0 Å². The van der Waals surface area contributed by atoms with Crippen LogP contribution in [0.1, 0.15) is 19.4 Å². The van der Waals surface area contributed by atoms with E-state index in [4.69, 9.17) is 11.6 Å². The lowest BCUT2D eigenvalue weighted by molar-refractivity contribution is -0.116. The summed E-state index contributed by atoms with van der Waals surface area (Å²) in [5, 5.41) is 7.52. The minimum absolute atomic E-state index is 0.0270. The Morgan fingerprint density at radius 2 is 2.33 bits per heavy atom. The fraction of sp³-hybridized carbons (Fsp3) is 0.231. The molecule has 1 aromatic carbocycles. The van der Waals surface area contributed by atoms with Gasteiger partial charge in [0.15, 0.2) is 0 Å². The minimum atomic E-state index is -0.0553. The van der Waals surface area contributed by atoms with Crippen molar-refractivity contribution >= 4 is 23.2 Å². The first kappa shape index (κ1) is 12.6. The van der Waals surface area contributed by atoms with Gasteiger partial charge in [-0.2, -0.15) is 5.10 Å². The fourth-order valence-corrected chi connectivity index (χ4v) is 1.87. The van der Waals surface area contributed by atoms with Crippen LogP contribution < -0.4 is 5.32 Å². The molecule has 0 aliphatic rings. The fourth-order valence-electron chi connectivity index (χ4n) is 1.68. The maximum atomic E-state index is 11.8. The van der Waals surface area contributed by atoms with E-state index in [-0.39, 0.29) is 11.9 Å². The molecule has 1 heterocycles. The molecule has 1 atom stereocenters. The Morgan fingerprint density at radius 1 is 1.50 bits per heavy atom. The molecule has 2 rings (SSSR count). The van der Waals surface area contributed by atoms with Crippen molar-refractivity contribution in [3.8, 4) is 0 Å². The molecule has 18 heavy (non-hydrogen) atoms. The molecule has 4 nitrogen and oxygen atoms in total. The number of halogens is 1. The molecule has 94 valence electrons. The number of anilines is 1. The van der Waals surface area contributed by atoms with Gasteiger partial charge in [-0.15, -0.1) is 0 Å². The van der Waals surface area contributed by atoms with Crippen molar-refractivity contribution in [2.45, 2.75) is 19.4 Å². The summed E-state index contributed by atoms with van der Waals surface area (Å²) in [5.41, 5.74) is 0.708. The molecule has 1 aromatic heterocycles. The standard InChI is InChI=1S/C13H14ClN3O/c1-10(17-7-3-6-15-17)8-13(18)16-12-5-2-4-11(14)9-12/h2-7,9-10H,8H2,1H3,(H,16,18)/t10-/m0/s1. The zero-order chi connectivity index (χ0) is 13.0. The van der Waals surface area contributed by atoms with Gasteiger partial charge in [-0.3, -0.25) is 9.48 Å². The van der Waals surface area contributed by atoms with Crippen molar-refractivity contribution in [1.82, 2.24) is 9.78 Å². The lowest BCUT2D eigenvalue weighted by Crippen LogP contribution is -2.17. The summed E-state index contributed by atoms with van der Waals surface area (Å²) in [7, 11) is 0. The van der Waals surface area contributed by atoms with Gasteiger partial charge in [0.25, 0.3) is 0 Å². The van der Waals surface area contributed by atoms with Crippen molar-refractivity contribution in [1.29, 1.82) is 0 Å². The van der Waals surface area contributed by atoms with Crippen LogP contribution in [-0.2, 0) is 4.79 Å². The van der Waals surface area contributed by atoms with E-state index in [9.17, 15) is 4.79 Å². The van der Waals surface area contributed by atoms with E-state index in [1.54, 1.807) is 29.1 Å². The normalized spacial score (nSPS) is 12.1. The summed E-state index contributed by atoms with van der Waals surface area (Å²) < 4.78 is 1.76. The number of nitrogens with one attached hydrogen (secondary N) is 1. The van der Waals surface area contributed by atoms with Gasteiger partial charge in [0.1, 0.15) is 0 Å². The molecule has 0 unspecified atom stereocenters. The van der Waals surface area contributed by atoms with Gasteiger partial charge in [0, 0.05) is 29.5 Å². The molecule has 0 aliphatic heterocycles. The zero-order valence-electron chi connectivity index (χ0n) is 10.0. The van der Waals surface area contributed by atoms with Crippen molar-refractivity contribution in [2.24, 2.45) is 0 Å². The maximum absolute atomic E-state index is 11.8. The monoisotopic (exact) mass is 263 g/mol. The summed E-state index contributed by atoms with van der Waals surface area (Å²) in [6.07, 6.45) is 3.91. The third kappa shape index (κ3) is 3.34. The van der Waals surface area contributed by atoms with Crippen molar-refractivity contribution in [3.63, 3.8) is 0 Å². The molecule has 1 N–H and O–H groups in total. The Morgan fingerprint density at radius 3 is 3.00 bits per heavy atom. The van der Waals surface area contributed by atoms with Crippen molar-refractivity contribution in [2.75, 3.05) is 5.32 Å². The number of hydrogen-bond donors (Lipinski definition) is 1. The zero-order valence-corrected chi connectivity index (χ0v) is 10.8. The lowest BCUT2D eigenvalue weighted by Gasteiger charge is -2.12. The highest BCUT2D eigenvalue weighted by Crippen LogP contribution is 2.16. The molecule has 0 saturated carbocycles. The molecule has 0 spiro atoms. The Kier molecular flexibility index (Phi) is 3.99. The van der Waals surface area contributed by atoms with Gasteiger partial charge < -0.3 is 5.32 Å². The van der Waals surface area contributed by atoms with Gasteiger partial charge in [0.2, 0.25) is 5.91 Å². The number of hydrogen-bond acceptors (Lipinski definition) is 2. The van der Waals surface area contributed by atoms with Crippen LogP contribution in [0, 0.1) is 0 Å². The molecular formula is C13H14ClN3O. The maximum Gasteiger partial charge on any atom is 0.226 e. The molecule has 0 aliphatic carbocycles. The summed E-state index contributed by atoms with van der Waals surface area (Å²) >= 11 is 5.85. The van der Waals surface area contributed by atoms with Crippen LogP contribution in [0.3, 0.4) is 0 Å². The Bertz CT molecular complexity index is 525. The Labute approximate surface area is 111 Å². The summed E-state index contributed by atoms with van der Waals surface area (Å²) in [4.78, 5) is 11.8. The molecule has 1 amide bonds. The number of amides is 1. The number of nitrogens with zero attached hydrogens (tertiary/aromatic N) is 2. The number of benzene rings is 1. The van der Waals surface area contributed by atoms with Crippen molar-refractivity contribution in [3.05, 3.63) is 47.7 Å². The second kappa shape index (κ2) is 5.69. The predicted octanol–water partition coefficient (Wildman–Crippen LogP) is 3.13. The largest absolute Gasteiger partial charge is 0.326 e. The topological polar surface area (TPSA) is 46.9 Å². The van der Waals surface area contributed by atoms with Crippen LogP contribution in [0.2, 0.25) is 5.02 Å². The second-order valence-electron chi connectivity index (χ2n) is 4.10. The quantitative estimate of drug-likeness (QED) is 0.921. The molecule has 0 bridgehead atoms. The highest BCUT2D eigenvalue weighted by molar-refractivity contribution is 6.30. The average molecular weight is 264 g/mol. The second-order valence-corrected chi connectivity index (χ2v) is 4.53. The van der Waals surface area contributed by atoms with E-state index in [0.29, 0.717) is 17.1 Å². The highest BCUT2D eigenvalue weighted by atomic mass is 35.5. The average Bonchev–Trinajstić information content (AvgIpc) is 2.81. The Balaban J connectivity index is 1.93. The SMILES string of the molecule is C[C@@H](CC(=O)Nc1cccc(Cl)c1)n1cccn1. The predicted molar refractivity (Wildman–Crippen MR) is 71.6 cm³/mol. The van der Waals surface area contributed by atoms with Crippen molar-refractivity contribution < 1.29 is 4.79 Å². The first-order valence-electron chi connectivity index (χ1n) is 5.69. The van der Waals surface area contributed by atoms with E-state index in [0.717, 1.165) is 0 Å². The number of rotatable bonds is 4. The van der Waals surface area contributed by atoms with Gasteiger partial charge in [0.05, 0.1) is 6.04 Å². The lowest BCUT2D eigenvalue weighted by atomic mass is 10.2. The highest BCUT2D eigenvalue weighted by Gasteiger charge is 2.11. The van der Waals surface area contributed by atoms with E-state index < -0.39 is 0 Å². The molecular weight excluding hydrogens is 250 g/mol. The minimum Gasteiger partial charge on any atom is -0.326 e. The first-order valence-corrected chi connectivity index (χ1v) is 6.07. The van der Waals surface area contributed by atoms with Crippen LogP contribution in [0.5, 0.6) is 0 Å². The Hall–Kier alpha value is -1.81. The van der Waals surface area contributed by atoms with Crippen LogP contribution in [-0.4, -0.2) is 15.7 Å². The van der Waals surface area contributed by atoms with Gasteiger partial charge >= 0.3 is 0 Å². The number of carbonyl (C=O) groups excluding carboxylic acids is 1. The van der Waals surface area contributed by atoms with Gasteiger partial charge in [-0.25, -0.2) is 0 Å². The van der Waals surface area contributed by atoms with E-state index in [1.807, 2.05) is 25.3 Å². The van der Waals surface area contributed by atoms with Crippen LogP contribution in [0.25, 0.3) is 0 Å². The molecule has 5 heteroatoms. The summed E-state index contributed by atoms with van der Waals surface area (Å²) in [6, 6.07) is 8.96. The number of aromatic nitrogens is 2. The first-order chi connectivity index (χ1) is 8.65. The summed E-state index contributed by atoms with van der Waals surface area (Å²) in [6.45, 7) is 1.95. The van der Waals surface area contributed by atoms with Gasteiger partial charge in [-0.05, 0) is 31.2 Å². The van der Waals surface area contributed by atoms with E-state index >= 15 is 0 Å². The van der Waals surface area contributed by atoms with Gasteiger partial charge in [-0.1, -0.05) is 17.7 Å². The molecule has 0 saturated heterocycles. The smallest absolute Gasteiger partial charge is 0.226 e. The number of carbonyl (C=O) groups is 1. The van der Waals surface area contributed by atoms with Crippen LogP contribution in [0.4, 0.5) is 5.69 Å². The third-order valence-corrected chi connectivity index (χ3v) is 2.80. The molecule has 2 aromatic rings. The molecule has 0 fully saturated rings. The van der Waals surface area contributed by atoms with Crippen LogP contribution in [0.15, 0.2) is 42.7 Å². The van der Waals surface area contributed by atoms with Crippen LogP contribution >= 0.6 is 11.6 Å². The molecule has 0 radical (unpaired) electrons. The van der Waals surface area contributed by atoms with E-state index in [2.05, 4.69) is 10.4 Å².